The number of benzene rings is 1. The van der Waals surface area contributed by atoms with Gasteiger partial charge in [0.05, 0.1) is 5.41 Å². The Kier molecular flexibility index (Phi) is 3.76. The molecule has 1 aromatic rings. The van der Waals surface area contributed by atoms with Crippen molar-refractivity contribution in [1.82, 2.24) is 5.32 Å². The smallest absolute Gasteiger partial charge is 0.165 e. The molecule has 3 aliphatic rings. The molecule has 5 heteroatoms. The molecule has 0 bridgehead atoms. The summed E-state index contributed by atoms with van der Waals surface area (Å²) in [6.07, 6.45) is 2.04. The van der Waals surface area contributed by atoms with Crippen LogP contribution in [0, 0.1) is 5.41 Å². The molecule has 4 nitrogen and oxygen atoms in total. The summed E-state index contributed by atoms with van der Waals surface area (Å²) in [5, 5.41) is 12.2. The van der Waals surface area contributed by atoms with E-state index in [1.165, 1.54) is 0 Å². The van der Waals surface area contributed by atoms with Crippen LogP contribution in [0.15, 0.2) is 62.0 Å². The minimum absolute atomic E-state index is 0.0344. The van der Waals surface area contributed by atoms with Gasteiger partial charge < -0.3 is 5.32 Å². The second-order valence-corrected chi connectivity index (χ2v) is 8.64. The number of Topliss-reactive ketones (excluding diaryl/α,β-unsaturated/α-hetero) is 1. The van der Waals surface area contributed by atoms with E-state index in [-0.39, 0.29) is 17.4 Å². The predicted octanol–water partition coefficient (Wildman–Crippen LogP) is 4.98. The average molecular weight is 400 g/mol. The van der Waals surface area contributed by atoms with Crippen molar-refractivity contribution in [3.05, 3.63) is 57.3 Å². The van der Waals surface area contributed by atoms with Crippen molar-refractivity contribution in [2.24, 2.45) is 15.6 Å². The van der Waals surface area contributed by atoms with Crippen LogP contribution in [0.3, 0.4) is 0 Å². The van der Waals surface area contributed by atoms with Crippen LogP contribution in [-0.2, 0) is 10.2 Å². The van der Waals surface area contributed by atoms with Gasteiger partial charge in [0.15, 0.2) is 11.9 Å². The van der Waals surface area contributed by atoms with Gasteiger partial charge in [-0.05, 0) is 39.8 Å². The fraction of sp³-hybridized carbons (Fsp3) is 0.450. The molecule has 4 rings (SSSR count). The number of ketones is 1. The summed E-state index contributed by atoms with van der Waals surface area (Å²) in [4.78, 5) is 13.3. The summed E-state index contributed by atoms with van der Waals surface area (Å²) in [7, 11) is 0. The number of nitrogens with zero attached hydrogens (tertiary/aromatic N) is 2. The lowest BCUT2D eigenvalue weighted by Gasteiger charge is -2.47. The number of carbonyl (C=O) groups excluding carboxylic acids is 1. The first-order valence-corrected chi connectivity index (χ1v) is 9.58. The van der Waals surface area contributed by atoms with E-state index in [1.807, 2.05) is 18.2 Å². The third kappa shape index (κ3) is 2.35. The molecule has 0 saturated heterocycles. The van der Waals surface area contributed by atoms with Crippen LogP contribution < -0.4 is 5.32 Å². The largest absolute Gasteiger partial charge is 0.362 e. The van der Waals surface area contributed by atoms with Gasteiger partial charge in [-0.3, -0.25) is 4.79 Å². The molecule has 2 heterocycles. The van der Waals surface area contributed by atoms with E-state index in [1.54, 1.807) is 0 Å². The third-order valence-corrected chi connectivity index (χ3v) is 6.21. The molecule has 130 valence electrons. The highest BCUT2D eigenvalue weighted by Crippen LogP contribution is 2.55. The molecule has 25 heavy (non-hydrogen) atoms. The van der Waals surface area contributed by atoms with Crippen molar-refractivity contribution in [3.8, 4) is 0 Å². The van der Waals surface area contributed by atoms with E-state index in [0.29, 0.717) is 6.42 Å². The normalized spacial score (nSPS) is 30.2. The van der Waals surface area contributed by atoms with Crippen LogP contribution in [0.4, 0.5) is 0 Å². The van der Waals surface area contributed by atoms with Gasteiger partial charge in [0.25, 0.3) is 0 Å². The maximum Gasteiger partial charge on any atom is 0.165 e. The van der Waals surface area contributed by atoms with Crippen LogP contribution in [-0.4, -0.2) is 11.9 Å². The van der Waals surface area contributed by atoms with Crippen molar-refractivity contribution in [2.45, 2.75) is 51.6 Å². The minimum Gasteiger partial charge on any atom is -0.362 e. The zero-order valence-corrected chi connectivity index (χ0v) is 16.4. The highest BCUT2D eigenvalue weighted by atomic mass is 79.9. The summed E-state index contributed by atoms with van der Waals surface area (Å²) in [6, 6.07) is 10.3. The lowest BCUT2D eigenvalue weighted by atomic mass is 9.59. The first kappa shape index (κ1) is 16.7. The van der Waals surface area contributed by atoms with Crippen molar-refractivity contribution in [2.75, 3.05) is 0 Å². The maximum absolute atomic E-state index is 13.3. The summed E-state index contributed by atoms with van der Waals surface area (Å²) in [5.41, 5.74) is 3.66. The molecule has 1 aliphatic carbocycles. The molecule has 2 atom stereocenters. The molecule has 0 aromatic heterocycles. The number of halogens is 1. The second-order valence-electron chi connectivity index (χ2n) is 7.89. The summed E-state index contributed by atoms with van der Waals surface area (Å²) >= 11 is 3.60. The van der Waals surface area contributed by atoms with E-state index in [4.69, 9.17) is 0 Å². The topological polar surface area (TPSA) is 53.8 Å². The van der Waals surface area contributed by atoms with Crippen LogP contribution in [0.1, 0.15) is 45.6 Å². The third-order valence-electron chi connectivity index (χ3n) is 5.63. The molecule has 0 fully saturated rings. The molecule has 1 aromatic carbocycles. The van der Waals surface area contributed by atoms with Gasteiger partial charge >= 0.3 is 0 Å². The van der Waals surface area contributed by atoms with Crippen molar-refractivity contribution < 1.29 is 4.79 Å². The van der Waals surface area contributed by atoms with Gasteiger partial charge in [-0.1, -0.05) is 51.1 Å². The number of allylic oxidation sites excluding steroid dienone is 2. The minimum atomic E-state index is -0.470. The van der Waals surface area contributed by atoms with E-state index in [0.717, 1.165) is 39.9 Å². The fourth-order valence-corrected chi connectivity index (χ4v) is 5.32. The number of carbonyl (C=O) groups is 1. The second kappa shape index (κ2) is 5.63. The predicted molar refractivity (Wildman–Crippen MR) is 101 cm³/mol. The molecule has 0 amide bonds. The highest BCUT2D eigenvalue weighted by molar-refractivity contribution is 9.11. The number of azo groups is 1. The first-order chi connectivity index (χ1) is 11.9. The molecule has 1 unspecified atom stereocenters. The number of nitrogens with one attached hydrogen (secondary N) is 1. The summed E-state index contributed by atoms with van der Waals surface area (Å²) < 4.78 is 0.750. The Morgan fingerprint density at radius 2 is 1.96 bits per heavy atom. The van der Waals surface area contributed by atoms with Gasteiger partial charge in [-0.2, -0.15) is 5.11 Å². The van der Waals surface area contributed by atoms with Crippen molar-refractivity contribution in [3.63, 3.8) is 0 Å². The quantitative estimate of drug-likeness (QED) is 0.712. The molecule has 2 aliphatic heterocycles. The van der Waals surface area contributed by atoms with Gasteiger partial charge in [-0.25, -0.2) is 0 Å². The lowest BCUT2D eigenvalue weighted by Crippen LogP contribution is -2.51. The Hall–Kier alpha value is -1.75. The number of hydrogen-bond donors (Lipinski definition) is 1. The van der Waals surface area contributed by atoms with Crippen LogP contribution in [0.5, 0.6) is 0 Å². The Bertz CT molecular complexity index is 838. The van der Waals surface area contributed by atoms with Crippen molar-refractivity contribution >= 4 is 21.7 Å². The monoisotopic (exact) mass is 399 g/mol. The molecule has 0 saturated carbocycles. The fourth-order valence-electron chi connectivity index (χ4n) is 4.68. The van der Waals surface area contributed by atoms with Gasteiger partial charge in [0, 0.05) is 23.3 Å². The van der Waals surface area contributed by atoms with E-state index < -0.39 is 5.41 Å². The Morgan fingerprint density at radius 1 is 1.24 bits per heavy atom. The van der Waals surface area contributed by atoms with E-state index >= 15 is 0 Å². The van der Waals surface area contributed by atoms with E-state index in [9.17, 15) is 4.79 Å². The summed E-state index contributed by atoms with van der Waals surface area (Å²) in [5.74, 6) is 0.239. The van der Waals surface area contributed by atoms with Gasteiger partial charge in [0.1, 0.15) is 4.61 Å². The standard InChI is InChI=1S/C20H22BrN3O/c1-4-20(12-8-6-5-7-9-12)15-13(10-19(2,3)11-14(15)25)22-18-16(20)17(21)23-24-18/h5-9,18,22H,4,10-11H2,1-3H3/t18?,20-/m1/s1. The SMILES string of the molecule is CC[C@@]1(c2ccccc2)C2=C(CC(C)(C)CC2=O)NC2N=NC(Br)=C21. The van der Waals surface area contributed by atoms with Gasteiger partial charge in [-0.15, -0.1) is 5.11 Å². The zero-order valence-electron chi connectivity index (χ0n) is 14.8. The van der Waals surface area contributed by atoms with Crippen LogP contribution in [0.2, 0.25) is 0 Å². The molecule has 1 N–H and O–H groups in total. The molecular formula is C20H22BrN3O. The molecular weight excluding hydrogens is 378 g/mol. The molecule has 0 spiro atoms. The molecule has 0 radical (unpaired) electrons. The zero-order chi connectivity index (χ0) is 17.8. The Labute approximate surface area is 156 Å². The van der Waals surface area contributed by atoms with Crippen LogP contribution >= 0.6 is 15.9 Å². The van der Waals surface area contributed by atoms with Gasteiger partial charge in [0.2, 0.25) is 0 Å². The Morgan fingerprint density at radius 3 is 2.64 bits per heavy atom. The van der Waals surface area contributed by atoms with E-state index in [2.05, 4.69) is 64.4 Å². The number of rotatable bonds is 2. The Balaban J connectivity index is 2.03. The number of fused-ring (bicyclic) bond motifs is 1. The highest BCUT2D eigenvalue weighted by Gasteiger charge is 2.54. The lowest BCUT2D eigenvalue weighted by molar-refractivity contribution is -0.119. The average Bonchev–Trinajstić information content (AvgIpc) is 2.94. The van der Waals surface area contributed by atoms with Crippen molar-refractivity contribution in [1.29, 1.82) is 0 Å². The number of hydrogen-bond acceptors (Lipinski definition) is 4. The summed E-state index contributed by atoms with van der Waals surface area (Å²) in [6.45, 7) is 6.46. The first-order valence-electron chi connectivity index (χ1n) is 8.79. The maximum atomic E-state index is 13.3. The van der Waals surface area contributed by atoms with Crippen LogP contribution in [0.25, 0.3) is 0 Å².